The zero-order valence-electron chi connectivity index (χ0n) is 13.6. The van der Waals surface area contributed by atoms with E-state index in [9.17, 15) is 9.59 Å². The Morgan fingerprint density at radius 2 is 1.78 bits per heavy atom. The molecule has 1 aromatic carbocycles. The molecule has 23 heavy (non-hydrogen) atoms. The monoisotopic (exact) mass is 321 g/mol. The number of aliphatic carboxylic acids is 1. The average Bonchev–Trinajstić information content (AvgIpc) is 3.35. The molecule has 0 unspecified atom stereocenters. The average molecular weight is 321 g/mol. The van der Waals surface area contributed by atoms with Crippen molar-refractivity contribution in [2.45, 2.75) is 32.2 Å². The molecule has 1 aromatic rings. The summed E-state index contributed by atoms with van der Waals surface area (Å²) in [6.07, 6.45) is 3.61. The topological polar surface area (TPSA) is 76.1 Å². The molecule has 6 heteroatoms. The molecule has 126 valence electrons. The number of hydrogen-bond donors (Lipinski definition) is 1. The first-order chi connectivity index (χ1) is 11.0. The quantitative estimate of drug-likeness (QED) is 0.755. The van der Waals surface area contributed by atoms with Gasteiger partial charge in [-0.25, -0.2) is 0 Å². The molecule has 0 radical (unpaired) electrons. The van der Waals surface area contributed by atoms with Gasteiger partial charge < -0.3 is 19.5 Å². The van der Waals surface area contributed by atoms with Crippen LogP contribution in [0.4, 0.5) is 0 Å². The maximum absolute atomic E-state index is 12.3. The number of carboxylic acid groups (broad SMARTS) is 1. The minimum absolute atomic E-state index is 0.124. The number of rotatable bonds is 9. The summed E-state index contributed by atoms with van der Waals surface area (Å²) < 4.78 is 10.4. The van der Waals surface area contributed by atoms with Gasteiger partial charge in [0.25, 0.3) is 0 Å². The minimum atomic E-state index is -1.01. The van der Waals surface area contributed by atoms with E-state index >= 15 is 0 Å². The molecule has 0 aromatic heterocycles. The SMILES string of the molecule is COc1cc(CN(CC(=O)O)C(=O)CCC2CC2)cc(OC)c1. The second kappa shape index (κ2) is 7.85. The molecule has 0 atom stereocenters. The molecular formula is C17H23NO5. The van der Waals surface area contributed by atoms with Crippen molar-refractivity contribution < 1.29 is 24.2 Å². The number of methoxy groups -OCH3 is 2. The van der Waals surface area contributed by atoms with Gasteiger partial charge in [-0.3, -0.25) is 9.59 Å². The van der Waals surface area contributed by atoms with E-state index < -0.39 is 5.97 Å². The number of hydrogen-bond acceptors (Lipinski definition) is 4. The third kappa shape index (κ3) is 5.47. The van der Waals surface area contributed by atoms with E-state index in [1.54, 1.807) is 32.4 Å². The van der Waals surface area contributed by atoms with Crippen LogP contribution in [-0.4, -0.2) is 42.6 Å². The van der Waals surface area contributed by atoms with Gasteiger partial charge >= 0.3 is 5.97 Å². The van der Waals surface area contributed by atoms with E-state index in [1.807, 2.05) is 0 Å². The van der Waals surface area contributed by atoms with Crippen LogP contribution in [0.25, 0.3) is 0 Å². The van der Waals surface area contributed by atoms with Gasteiger partial charge in [0.15, 0.2) is 0 Å². The summed E-state index contributed by atoms with van der Waals surface area (Å²) in [4.78, 5) is 24.8. The smallest absolute Gasteiger partial charge is 0.323 e. The maximum Gasteiger partial charge on any atom is 0.323 e. The molecular weight excluding hydrogens is 298 g/mol. The zero-order valence-corrected chi connectivity index (χ0v) is 13.6. The maximum atomic E-state index is 12.3. The van der Waals surface area contributed by atoms with Gasteiger partial charge in [-0.2, -0.15) is 0 Å². The van der Waals surface area contributed by atoms with Gasteiger partial charge in [0, 0.05) is 19.0 Å². The summed E-state index contributed by atoms with van der Waals surface area (Å²) in [7, 11) is 3.10. The van der Waals surface area contributed by atoms with E-state index in [0.29, 0.717) is 23.8 Å². The normalized spacial score (nSPS) is 13.5. The molecule has 0 bridgehead atoms. The number of carbonyl (C=O) groups is 2. The summed E-state index contributed by atoms with van der Waals surface area (Å²) in [5.41, 5.74) is 0.780. The Hall–Kier alpha value is -2.24. The van der Waals surface area contributed by atoms with E-state index in [-0.39, 0.29) is 19.0 Å². The predicted molar refractivity (Wildman–Crippen MR) is 84.6 cm³/mol. The highest BCUT2D eigenvalue weighted by molar-refractivity contribution is 5.81. The lowest BCUT2D eigenvalue weighted by Crippen LogP contribution is -2.35. The third-order valence-electron chi connectivity index (χ3n) is 3.93. The van der Waals surface area contributed by atoms with Gasteiger partial charge in [-0.1, -0.05) is 12.8 Å². The standard InChI is InChI=1S/C17H23NO5/c1-22-14-7-13(8-15(9-14)23-2)10-18(11-17(20)21)16(19)6-5-12-3-4-12/h7-9,12H,3-6,10-11H2,1-2H3,(H,20,21). The molecule has 1 amide bonds. The largest absolute Gasteiger partial charge is 0.497 e. The fourth-order valence-electron chi connectivity index (χ4n) is 2.47. The van der Waals surface area contributed by atoms with Crippen LogP contribution in [0.15, 0.2) is 18.2 Å². The Balaban J connectivity index is 2.08. The predicted octanol–water partition coefficient (Wildman–Crippen LogP) is 2.31. The first-order valence-corrected chi connectivity index (χ1v) is 7.73. The van der Waals surface area contributed by atoms with Crippen LogP contribution in [0.2, 0.25) is 0 Å². The Labute approximate surface area is 136 Å². The molecule has 1 fully saturated rings. The van der Waals surface area contributed by atoms with Crippen molar-refractivity contribution >= 4 is 11.9 Å². The lowest BCUT2D eigenvalue weighted by Gasteiger charge is -2.21. The van der Waals surface area contributed by atoms with E-state index in [0.717, 1.165) is 12.0 Å². The fraction of sp³-hybridized carbons (Fsp3) is 0.529. The molecule has 1 N–H and O–H groups in total. The van der Waals surface area contributed by atoms with Crippen LogP contribution >= 0.6 is 0 Å². The van der Waals surface area contributed by atoms with Gasteiger partial charge in [0.2, 0.25) is 5.91 Å². The first-order valence-electron chi connectivity index (χ1n) is 7.73. The molecule has 0 spiro atoms. The second-order valence-corrected chi connectivity index (χ2v) is 5.85. The highest BCUT2D eigenvalue weighted by Crippen LogP contribution is 2.33. The number of ether oxygens (including phenoxy) is 2. The van der Waals surface area contributed by atoms with Crippen molar-refractivity contribution in [3.05, 3.63) is 23.8 Å². The van der Waals surface area contributed by atoms with Crippen molar-refractivity contribution in [1.29, 1.82) is 0 Å². The highest BCUT2D eigenvalue weighted by atomic mass is 16.5. The van der Waals surface area contributed by atoms with Gasteiger partial charge in [0.1, 0.15) is 18.0 Å². The van der Waals surface area contributed by atoms with E-state index in [4.69, 9.17) is 14.6 Å². The van der Waals surface area contributed by atoms with Crippen LogP contribution < -0.4 is 9.47 Å². The molecule has 0 heterocycles. The third-order valence-corrected chi connectivity index (χ3v) is 3.93. The van der Waals surface area contributed by atoms with Gasteiger partial charge in [0.05, 0.1) is 14.2 Å². The van der Waals surface area contributed by atoms with Crippen LogP contribution in [0.1, 0.15) is 31.2 Å². The van der Waals surface area contributed by atoms with Crippen molar-refractivity contribution in [1.82, 2.24) is 4.90 Å². The van der Waals surface area contributed by atoms with Crippen molar-refractivity contribution in [3.63, 3.8) is 0 Å². The Bertz CT molecular complexity index is 546. The summed E-state index contributed by atoms with van der Waals surface area (Å²) in [5, 5.41) is 9.06. The zero-order chi connectivity index (χ0) is 16.8. The highest BCUT2D eigenvalue weighted by Gasteiger charge is 2.24. The van der Waals surface area contributed by atoms with Crippen LogP contribution in [-0.2, 0) is 16.1 Å². The molecule has 1 aliphatic carbocycles. The summed E-state index contributed by atoms with van der Waals surface area (Å²) in [6.45, 7) is -0.0770. The summed E-state index contributed by atoms with van der Waals surface area (Å²) >= 11 is 0. The molecule has 6 nitrogen and oxygen atoms in total. The summed E-state index contributed by atoms with van der Waals surface area (Å²) in [5.74, 6) is 0.725. The lowest BCUT2D eigenvalue weighted by atomic mass is 10.1. The Morgan fingerprint density at radius 3 is 2.26 bits per heavy atom. The van der Waals surface area contributed by atoms with Crippen molar-refractivity contribution in [3.8, 4) is 11.5 Å². The molecule has 0 aliphatic heterocycles. The molecule has 2 rings (SSSR count). The summed E-state index contributed by atoms with van der Waals surface area (Å²) in [6, 6.07) is 5.30. The Kier molecular flexibility index (Phi) is 5.84. The number of nitrogens with zero attached hydrogens (tertiary/aromatic N) is 1. The number of amides is 1. The van der Waals surface area contributed by atoms with Crippen LogP contribution in [0.3, 0.4) is 0 Å². The van der Waals surface area contributed by atoms with Crippen LogP contribution in [0.5, 0.6) is 11.5 Å². The molecule has 1 saturated carbocycles. The molecule has 1 aliphatic rings. The fourth-order valence-corrected chi connectivity index (χ4v) is 2.47. The number of benzene rings is 1. The van der Waals surface area contributed by atoms with E-state index in [2.05, 4.69) is 0 Å². The lowest BCUT2D eigenvalue weighted by molar-refractivity contribution is -0.145. The first kappa shape index (κ1) is 17.1. The minimum Gasteiger partial charge on any atom is -0.497 e. The number of carboxylic acids is 1. The van der Waals surface area contributed by atoms with Crippen molar-refractivity contribution in [2.24, 2.45) is 5.92 Å². The van der Waals surface area contributed by atoms with Crippen molar-refractivity contribution in [2.75, 3.05) is 20.8 Å². The molecule has 0 saturated heterocycles. The van der Waals surface area contributed by atoms with Crippen LogP contribution in [0, 0.1) is 5.92 Å². The Morgan fingerprint density at radius 1 is 1.17 bits per heavy atom. The number of carbonyl (C=O) groups excluding carboxylic acids is 1. The van der Waals surface area contributed by atoms with Gasteiger partial charge in [-0.15, -0.1) is 0 Å². The van der Waals surface area contributed by atoms with E-state index in [1.165, 1.54) is 17.7 Å². The second-order valence-electron chi connectivity index (χ2n) is 5.85. The van der Waals surface area contributed by atoms with Gasteiger partial charge in [-0.05, 0) is 30.0 Å².